The van der Waals surface area contributed by atoms with Crippen LogP contribution in [0.3, 0.4) is 0 Å². The topological polar surface area (TPSA) is 55.4 Å². The summed E-state index contributed by atoms with van der Waals surface area (Å²) < 4.78 is 0. The first-order valence-electron chi connectivity index (χ1n) is 6.90. The summed E-state index contributed by atoms with van der Waals surface area (Å²) in [6.07, 6.45) is 0.866. The van der Waals surface area contributed by atoms with Crippen molar-refractivity contribution in [1.29, 1.82) is 0 Å². The van der Waals surface area contributed by atoms with Gasteiger partial charge in [0.1, 0.15) is 0 Å². The monoisotopic (exact) mass is 260 g/mol. The van der Waals surface area contributed by atoms with Gasteiger partial charge < -0.3 is 15.0 Å². The Morgan fingerprint density at radius 1 is 1.16 bits per heavy atom. The van der Waals surface area contributed by atoms with Crippen molar-refractivity contribution >= 4 is 17.0 Å². The van der Waals surface area contributed by atoms with Crippen LogP contribution < -0.4 is 4.90 Å². The Hall–Kier alpha value is -1.59. The van der Waals surface area contributed by atoms with Gasteiger partial charge in [0.15, 0.2) is 0 Å². The second-order valence-corrected chi connectivity index (χ2v) is 4.98. The van der Waals surface area contributed by atoms with Gasteiger partial charge in [-0.2, -0.15) is 0 Å². The van der Waals surface area contributed by atoms with Gasteiger partial charge in [0.25, 0.3) is 0 Å². The van der Waals surface area contributed by atoms with E-state index in [0.29, 0.717) is 0 Å². The van der Waals surface area contributed by atoms with Crippen molar-refractivity contribution in [2.75, 3.05) is 44.2 Å². The minimum Gasteiger partial charge on any atom is -0.396 e. The zero-order valence-electron chi connectivity index (χ0n) is 11.0. The summed E-state index contributed by atoms with van der Waals surface area (Å²) >= 11 is 0. The van der Waals surface area contributed by atoms with E-state index in [4.69, 9.17) is 5.11 Å². The average molecular weight is 260 g/mol. The molecule has 1 fully saturated rings. The lowest BCUT2D eigenvalue weighted by Gasteiger charge is -2.34. The number of hydrogen-bond acceptors (Lipinski definition) is 4. The first-order valence-corrected chi connectivity index (χ1v) is 6.90. The maximum Gasteiger partial charge on any atom is 0.203 e. The molecule has 0 atom stereocenters. The van der Waals surface area contributed by atoms with Crippen LogP contribution in [0.4, 0.5) is 5.95 Å². The molecule has 3 rings (SSSR count). The molecule has 2 aromatic rings. The van der Waals surface area contributed by atoms with E-state index < -0.39 is 0 Å². The summed E-state index contributed by atoms with van der Waals surface area (Å²) in [5.74, 6) is 0.975. The van der Waals surface area contributed by atoms with Crippen LogP contribution in [0.1, 0.15) is 6.42 Å². The average Bonchev–Trinajstić information content (AvgIpc) is 2.89. The van der Waals surface area contributed by atoms with Gasteiger partial charge in [0, 0.05) is 39.3 Å². The van der Waals surface area contributed by atoms with E-state index in [9.17, 15) is 0 Å². The predicted octanol–water partition coefficient (Wildman–Crippen LogP) is 1.07. The lowest BCUT2D eigenvalue weighted by Crippen LogP contribution is -2.47. The Morgan fingerprint density at radius 3 is 2.68 bits per heavy atom. The predicted molar refractivity (Wildman–Crippen MR) is 76.4 cm³/mol. The number of imidazole rings is 1. The van der Waals surface area contributed by atoms with Gasteiger partial charge in [-0.15, -0.1) is 0 Å². The highest BCUT2D eigenvalue weighted by molar-refractivity contribution is 5.77. The number of benzene rings is 1. The molecule has 19 heavy (non-hydrogen) atoms. The fourth-order valence-electron chi connectivity index (χ4n) is 2.57. The summed E-state index contributed by atoms with van der Waals surface area (Å²) in [7, 11) is 0. The molecule has 2 N–H and O–H groups in total. The molecule has 5 heteroatoms. The molecule has 2 heterocycles. The summed E-state index contributed by atoms with van der Waals surface area (Å²) in [6, 6.07) is 8.13. The second kappa shape index (κ2) is 5.59. The molecule has 0 unspecified atom stereocenters. The molecule has 5 nitrogen and oxygen atoms in total. The van der Waals surface area contributed by atoms with Crippen molar-refractivity contribution in [3.8, 4) is 0 Å². The van der Waals surface area contributed by atoms with Crippen LogP contribution in [0.25, 0.3) is 11.0 Å². The third kappa shape index (κ3) is 2.72. The Kier molecular flexibility index (Phi) is 3.66. The molecule has 1 aliphatic heterocycles. The minimum absolute atomic E-state index is 0.282. The molecular weight excluding hydrogens is 240 g/mol. The Morgan fingerprint density at radius 2 is 1.95 bits per heavy atom. The molecule has 0 aliphatic carbocycles. The second-order valence-electron chi connectivity index (χ2n) is 4.98. The number of piperazine rings is 1. The minimum atomic E-state index is 0.282. The van der Waals surface area contributed by atoms with E-state index in [1.807, 2.05) is 18.2 Å². The SMILES string of the molecule is OCCCN1CCN(c2nc3ccccc3[nH]2)CC1. The number of hydrogen-bond donors (Lipinski definition) is 2. The third-order valence-corrected chi connectivity index (χ3v) is 3.68. The van der Waals surface area contributed by atoms with E-state index in [1.165, 1.54) is 0 Å². The van der Waals surface area contributed by atoms with Crippen LogP contribution in [0, 0.1) is 0 Å². The zero-order chi connectivity index (χ0) is 13.1. The number of aromatic amines is 1. The molecule has 1 aliphatic rings. The van der Waals surface area contributed by atoms with E-state index in [1.54, 1.807) is 0 Å². The van der Waals surface area contributed by atoms with E-state index in [-0.39, 0.29) is 6.61 Å². The zero-order valence-corrected chi connectivity index (χ0v) is 11.0. The Labute approximate surface area is 112 Å². The highest BCUT2D eigenvalue weighted by Crippen LogP contribution is 2.18. The largest absolute Gasteiger partial charge is 0.396 e. The number of aromatic nitrogens is 2. The van der Waals surface area contributed by atoms with Gasteiger partial charge in [0.05, 0.1) is 11.0 Å². The number of aliphatic hydroxyl groups is 1. The molecule has 1 saturated heterocycles. The van der Waals surface area contributed by atoms with Gasteiger partial charge in [-0.25, -0.2) is 4.98 Å². The lowest BCUT2D eigenvalue weighted by atomic mass is 10.3. The van der Waals surface area contributed by atoms with Gasteiger partial charge in [0.2, 0.25) is 5.95 Å². The molecule has 1 aromatic heterocycles. The molecular formula is C14H20N4O. The maximum absolute atomic E-state index is 8.86. The van der Waals surface area contributed by atoms with Crippen molar-refractivity contribution in [2.24, 2.45) is 0 Å². The van der Waals surface area contributed by atoms with Gasteiger partial charge >= 0.3 is 0 Å². The molecule has 0 spiro atoms. The highest BCUT2D eigenvalue weighted by Gasteiger charge is 2.18. The summed E-state index contributed by atoms with van der Waals surface area (Å²) in [4.78, 5) is 12.7. The van der Waals surface area contributed by atoms with Crippen LogP contribution in [-0.4, -0.2) is 59.3 Å². The van der Waals surface area contributed by atoms with Crippen molar-refractivity contribution < 1.29 is 5.11 Å². The van der Waals surface area contributed by atoms with Crippen molar-refractivity contribution in [3.63, 3.8) is 0 Å². The smallest absolute Gasteiger partial charge is 0.203 e. The number of rotatable bonds is 4. The van der Waals surface area contributed by atoms with Gasteiger partial charge in [-0.3, -0.25) is 4.90 Å². The summed E-state index contributed by atoms with van der Waals surface area (Å²) in [5, 5.41) is 8.86. The number of H-pyrrole nitrogens is 1. The summed E-state index contributed by atoms with van der Waals surface area (Å²) in [5.41, 5.74) is 2.13. The summed E-state index contributed by atoms with van der Waals surface area (Å²) in [6.45, 7) is 5.33. The van der Waals surface area contributed by atoms with Crippen LogP contribution in [-0.2, 0) is 0 Å². The number of fused-ring (bicyclic) bond motifs is 1. The highest BCUT2D eigenvalue weighted by atomic mass is 16.3. The lowest BCUT2D eigenvalue weighted by molar-refractivity contribution is 0.215. The number of aliphatic hydroxyl groups excluding tert-OH is 1. The van der Waals surface area contributed by atoms with E-state index in [0.717, 1.165) is 56.1 Å². The molecule has 102 valence electrons. The first-order chi connectivity index (χ1) is 9.36. The number of para-hydroxylation sites is 2. The number of anilines is 1. The van der Waals surface area contributed by atoms with Gasteiger partial charge in [-0.1, -0.05) is 12.1 Å². The van der Waals surface area contributed by atoms with Crippen LogP contribution in [0.5, 0.6) is 0 Å². The maximum atomic E-state index is 8.86. The van der Waals surface area contributed by atoms with Gasteiger partial charge in [-0.05, 0) is 18.6 Å². The van der Waals surface area contributed by atoms with E-state index in [2.05, 4.69) is 25.8 Å². The molecule has 0 radical (unpaired) electrons. The fourth-order valence-corrected chi connectivity index (χ4v) is 2.57. The van der Waals surface area contributed by atoms with Crippen molar-refractivity contribution in [3.05, 3.63) is 24.3 Å². The van der Waals surface area contributed by atoms with Crippen molar-refractivity contribution in [1.82, 2.24) is 14.9 Å². The normalized spacial score (nSPS) is 17.2. The fraction of sp³-hybridized carbons (Fsp3) is 0.500. The van der Waals surface area contributed by atoms with Crippen LogP contribution in [0.15, 0.2) is 24.3 Å². The van der Waals surface area contributed by atoms with Crippen molar-refractivity contribution in [2.45, 2.75) is 6.42 Å². The standard InChI is InChI=1S/C14H20N4O/c19-11-3-6-17-7-9-18(10-8-17)14-15-12-4-1-2-5-13(12)16-14/h1-2,4-5,19H,3,6-11H2,(H,15,16). The molecule has 0 saturated carbocycles. The van der Waals surface area contributed by atoms with Crippen LogP contribution >= 0.6 is 0 Å². The first kappa shape index (κ1) is 12.4. The Balaban J connectivity index is 1.64. The third-order valence-electron chi connectivity index (χ3n) is 3.68. The number of nitrogens with one attached hydrogen (secondary N) is 1. The van der Waals surface area contributed by atoms with E-state index >= 15 is 0 Å². The molecule has 0 bridgehead atoms. The van der Waals surface area contributed by atoms with Crippen LogP contribution in [0.2, 0.25) is 0 Å². The number of nitrogens with zero attached hydrogens (tertiary/aromatic N) is 3. The molecule has 1 aromatic carbocycles. The molecule has 0 amide bonds. The quantitative estimate of drug-likeness (QED) is 0.863. The Bertz CT molecular complexity index is 498.